The summed E-state index contributed by atoms with van der Waals surface area (Å²) >= 11 is 0. The first-order valence-corrected chi connectivity index (χ1v) is 11.9. The summed E-state index contributed by atoms with van der Waals surface area (Å²) < 4.78 is 6.34. The Morgan fingerprint density at radius 2 is 1.97 bits per heavy atom. The second-order valence-corrected chi connectivity index (χ2v) is 9.30. The van der Waals surface area contributed by atoms with Gasteiger partial charge >= 0.3 is 5.97 Å². The van der Waals surface area contributed by atoms with Crippen LogP contribution in [0.5, 0.6) is 0 Å². The largest absolute Gasteiger partial charge is 0.469 e. The summed E-state index contributed by atoms with van der Waals surface area (Å²) in [5.74, 6) is -2.10. The molecule has 3 unspecified atom stereocenters. The van der Waals surface area contributed by atoms with Gasteiger partial charge in [0.25, 0.3) is 11.8 Å². The van der Waals surface area contributed by atoms with E-state index >= 15 is 0 Å². The quantitative estimate of drug-likeness (QED) is 0.476. The van der Waals surface area contributed by atoms with Crippen LogP contribution >= 0.6 is 0 Å². The third kappa shape index (κ3) is 4.01. The maximum absolute atomic E-state index is 13.2. The van der Waals surface area contributed by atoms with Crippen molar-refractivity contribution >= 4 is 29.6 Å². The number of amides is 4. The monoisotopic (exact) mass is 494 g/mol. The predicted molar refractivity (Wildman–Crippen MR) is 123 cm³/mol. The van der Waals surface area contributed by atoms with E-state index in [4.69, 9.17) is 4.74 Å². The van der Waals surface area contributed by atoms with Gasteiger partial charge in [-0.05, 0) is 49.9 Å². The summed E-state index contributed by atoms with van der Waals surface area (Å²) in [5.41, 5.74) is 1.96. The Morgan fingerprint density at radius 3 is 2.72 bits per heavy atom. The molecule has 0 radical (unpaired) electrons. The summed E-state index contributed by atoms with van der Waals surface area (Å²) in [6.45, 7) is 2.57. The number of nitrogens with one attached hydrogen (secondary N) is 1. The Morgan fingerprint density at radius 1 is 1.17 bits per heavy atom. The minimum absolute atomic E-state index is 0.147. The SMILES string of the molecule is COC(=O)C1CCCN(C(=O)c2cn(-c3ccc4c(c3)CN(C3CCC(=O)NC3=O)C4=O)nn2)C1C. The lowest BCUT2D eigenvalue weighted by Crippen LogP contribution is -2.52. The predicted octanol–water partition coefficient (Wildman–Crippen LogP) is 0.442. The normalized spacial score (nSPS) is 23.9. The van der Waals surface area contributed by atoms with E-state index in [-0.39, 0.29) is 60.7 Å². The highest BCUT2D eigenvalue weighted by Gasteiger charge is 2.40. The minimum Gasteiger partial charge on any atom is -0.469 e. The van der Waals surface area contributed by atoms with Gasteiger partial charge < -0.3 is 14.5 Å². The van der Waals surface area contributed by atoms with Crippen LogP contribution in [0.25, 0.3) is 5.69 Å². The fourth-order valence-electron chi connectivity index (χ4n) is 5.23. The van der Waals surface area contributed by atoms with Gasteiger partial charge in [0.05, 0.1) is 24.9 Å². The van der Waals surface area contributed by atoms with Crippen LogP contribution in [0.1, 0.15) is 59.0 Å². The van der Waals surface area contributed by atoms with Gasteiger partial charge in [-0.2, -0.15) is 0 Å². The van der Waals surface area contributed by atoms with Gasteiger partial charge in [-0.1, -0.05) is 5.21 Å². The van der Waals surface area contributed by atoms with Gasteiger partial charge in [-0.25, -0.2) is 4.68 Å². The van der Waals surface area contributed by atoms with Gasteiger partial charge in [-0.3, -0.25) is 29.3 Å². The number of carbonyl (C=O) groups is 5. The van der Waals surface area contributed by atoms with Crippen LogP contribution in [-0.2, 0) is 25.7 Å². The molecule has 4 heterocycles. The van der Waals surface area contributed by atoms with Crippen LogP contribution in [0.4, 0.5) is 0 Å². The molecule has 12 heteroatoms. The second-order valence-electron chi connectivity index (χ2n) is 9.30. The number of hydrogen-bond donors (Lipinski definition) is 1. The number of imide groups is 1. The highest BCUT2D eigenvalue weighted by Crippen LogP contribution is 2.29. The number of esters is 1. The zero-order valence-electron chi connectivity index (χ0n) is 20.0. The van der Waals surface area contributed by atoms with Gasteiger partial charge in [0.15, 0.2) is 5.69 Å². The number of ether oxygens (including phenoxy) is 1. The Labute approximate surface area is 206 Å². The Balaban J connectivity index is 1.33. The fraction of sp³-hybridized carbons (Fsp3) is 0.458. The van der Waals surface area contributed by atoms with Crippen molar-refractivity contribution < 1.29 is 28.7 Å². The van der Waals surface area contributed by atoms with Crippen LogP contribution in [0, 0.1) is 5.92 Å². The average Bonchev–Trinajstić information content (AvgIpc) is 3.48. The number of carbonyl (C=O) groups excluding carboxylic acids is 5. The van der Waals surface area contributed by atoms with Gasteiger partial charge in [-0.15, -0.1) is 5.10 Å². The molecule has 0 aliphatic carbocycles. The number of benzene rings is 1. The maximum atomic E-state index is 13.2. The van der Waals surface area contributed by atoms with Crippen LogP contribution in [0.15, 0.2) is 24.4 Å². The number of nitrogens with zero attached hydrogens (tertiary/aromatic N) is 5. The number of piperidine rings is 2. The van der Waals surface area contributed by atoms with E-state index in [0.717, 1.165) is 5.56 Å². The van der Waals surface area contributed by atoms with Crippen molar-refractivity contribution in [1.29, 1.82) is 0 Å². The molecule has 0 spiro atoms. The first-order chi connectivity index (χ1) is 17.3. The van der Waals surface area contributed by atoms with E-state index in [1.54, 1.807) is 23.1 Å². The number of likely N-dealkylation sites (tertiary alicyclic amines) is 1. The smallest absolute Gasteiger partial charge is 0.310 e. The lowest BCUT2D eigenvalue weighted by atomic mass is 9.90. The summed E-state index contributed by atoms with van der Waals surface area (Å²) in [6.07, 6.45) is 3.35. The summed E-state index contributed by atoms with van der Waals surface area (Å²) in [6, 6.07) is 4.12. The summed E-state index contributed by atoms with van der Waals surface area (Å²) in [7, 11) is 1.34. The Hall–Kier alpha value is -4.09. The molecule has 0 saturated carbocycles. The number of fused-ring (bicyclic) bond motifs is 1. The van der Waals surface area contributed by atoms with E-state index < -0.39 is 11.9 Å². The topological polar surface area (TPSA) is 144 Å². The molecule has 12 nitrogen and oxygen atoms in total. The van der Waals surface area contributed by atoms with Crippen LogP contribution < -0.4 is 5.32 Å². The fourth-order valence-corrected chi connectivity index (χ4v) is 5.23. The standard InChI is InChI=1S/C24H26N6O6/c1-13-16(24(35)36-2)4-3-9-28(13)23(34)18-12-30(27-26-18)15-5-6-17-14(10-15)11-29(22(17)33)19-7-8-20(31)25-21(19)32/h5-6,10,12-13,16,19H,3-4,7-9,11H2,1-2H3,(H,25,31,32). The van der Waals surface area contributed by atoms with Crippen molar-refractivity contribution in [2.75, 3.05) is 13.7 Å². The zero-order chi connectivity index (χ0) is 25.6. The lowest BCUT2D eigenvalue weighted by molar-refractivity contribution is -0.148. The molecule has 2 saturated heterocycles. The summed E-state index contributed by atoms with van der Waals surface area (Å²) in [4.78, 5) is 65.0. The molecule has 1 N–H and O–H groups in total. The van der Waals surface area contributed by atoms with Crippen molar-refractivity contribution in [3.8, 4) is 5.69 Å². The average molecular weight is 495 g/mol. The molecule has 4 amide bonds. The molecule has 3 aliphatic rings. The van der Waals surface area contributed by atoms with E-state index in [9.17, 15) is 24.0 Å². The molecule has 1 aromatic heterocycles. The minimum atomic E-state index is -0.693. The van der Waals surface area contributed by atoms with E-state index in [1.807, 2.05) is 6.92 Å². The maximum Gasteiger partial charge on any atom is 0.310 e. The Kier molecular flexibility index (Phi) is 6.02. The number of aromatic nitrogens is 3. The van der Waals surface area contributed by atoms with E-state index in [2.05, 4.69) is 15.6 Å². The van der Waals surface area contributed by atoms with Crippen molar-refractivity contribution in [2.45, 2.75) is 51.2 Å². The highest BCUT2D eigenvalue weighted by atomic mass is 16.5. The molecule has 2 aromatic rings. The third-order valence-electron chi connectivity index (χ3n) is 7.24. The van der Waals surface area contributed by atoms with Crippen molar-refractivity contribution in [3.63, 3.8) is 0 Å². The van der Waals surface area contributed by atoms with E-state index in [1.165, 1.54) is 22.9 Å². The molecule has 1 aromatic carbocycles. The zero-order valence-corrected chi connectivity index (χ0v) is 20.0. The summed E-state index contributed by atoms with van der Waals surface area (Å²) in [5, 5.41) is 10.4. The first kappa shape index (κ1) is 23.6. The molecule has 188 valence electrons. The molecule has 3 atom stereocenters. The first-order valence-electron chi connectivity index (χ1n) is 11.9. The molecule has 36 heavy (non-hydrogen) atoms. The molecule has 0 bridgehead atoms. The highest BCUT2D eigenvalue weighted by molar-refractivity contribution is 6.05. The van der Waals surface area contributed by atoms with E-state index in [0.29, 0.717) is 30.6 Å². The van der Waals surface area contributed by atoms with Crippen LogP contribution in [-0.4, -0.2) is 80.1 Å². The Bertz CT molecular complexity index is 1270. The molecule has 5 rings (SSSR count). The molecular formula is C24H26N6O6. The van der Waals surface area contributed by atoms with Crippen LogP contribution in [0.3, 0.4) is 0 Å². The van der Waals surface area contributed by atoms with Gasteiger partial charge in [0.1, 0.15) is 6.04 Å². The lowest BCUT2D eigenvalue weighted by Gasteiger charge is -2.37. The molecule has 2 fully saturated rings. The second kappa shape index (κ2) is 9.17. The van der Waals surface area contributed by atoms with Crippen LogP contribution in [0.2, 0.25) is 0 Å². The number of rotatable bonds is 4. The molecular weight excluding hydrogens is 468 g/mol. The molecule has 3 aliphatic heterocycles. The van der Waals surface area contributed by atoms with Gasteiger partial charge in [0, 0.05) is 31.1 Å². The van der Waals surface area contributed by atoms with Crippen molar-refractivity contribution in [1.82, 2.24) is 30.1 Å². The number of methoxy groups -OCH3 is 1. The van der Waals surface area contributed by atoms with Crippen molar-refractivity contribution in [2.24, 2.45) is 5.92 Å². The van der Waals surface area contributed by atoms with Gasteiger partial charge in [0.2, 0.25) is 11.8 Å². The van der Waals surface area contributed by atoms with Crippen molar-refractivity contribution in [3.05, 3.63) is 41.2 Å². The third-order valence-corrected chi connectivity index (χ3v) is 7.24. The number of hydrogen-bond acceptors (Lipinski definition) is 8.